The van der Waals surface area contributed by atoms with E-state index in [9.17, 15) is 4.79 Å². The third kappa shape index (κ3) is 4.65. The lowest BCUT2D eigenvalue weighted by molar-refractivity contribution is -0.128. The molecule has 0 aromatic heterocycles. The Morgan fingerprint density at radius 2 is 2.31 bits per heavy atom. The molecule has 0 spiro atoms. The number of terminal acetylenes is 1. The van der Waals surface area contributed by atoms with Crippen LogP contribution in [0.2, 0.25) is 0 Å². The van der Waals surface area contributed by atoms with Gasteiger partial charge in [0.2, 0.25) is 5.91 Å². The fourth-order valence-electron chi connectivity index (χ4n) is 1.65. The lowest BCUT2D eigenvalue weighted by Crippen LogP contribution is -2.38. The molecule has 1 rings (SSSR count). The van der Waals surface area contributed by atoms with Crippen molar-refractivity contribution in [2.75, 3.05) is 19.7 Å². The highest BCUT2D eigenvalue weighted by atomic mass is 16.5. The first kappa shape index (κ1) is 13.0. The Hall–Kier alpha value is -1.05. The van der Waals surface area contributed by atoms with Gasteiger partial charge in [0.25, 0.3) is 0 Å². The van der Waals surface area contributed by atoms with E-state index in [-0.39, 0.29) is 24.7 Å². The van der Waals surface area contributed by atoms with Gasteiger partial charge in [-0.3, -0.25) is 4.79 Å². The van der Waals surface area contributed by atoms with Gasteiger partial charge in [-0.2, -0.15) is 0 Å². The molecule has 1 aliphatic heterocycles. The number of rotatable bonds is 5. The molecule has 0 radical (unpaired) electrons. The largest absolute Gasteiger partial charge is 0.368 e. The van der Waals surface area contributed by atoms with Gasteiger partial charge < -0.3 is 15.4 Å². The third-order valence-corrected chi connectivity index (χ3v) is 2.68. The van der Waals surface area contributed by atoms with Gasteiger partial charge in [0.05, 0.1) is 12.1 Å². The number of hydrogen-bond donors (Lipinski definition) is 2. The molecule has 1 atom stereocenters. The van der Waals surface area contributed by atoms with Crippen LogP contribution in [0.15, 0.2) is 0 Å². The van der Waals surface area contributed by atoms with E-state index in [1.165, 1.54) is 0 Å². The molecule has 0 aromatic rings. The Kier molecular flexibility index (Phi) is 5.91. The average Bonchev–Trinajstić information content (AvgIpc) is 2.34. The summed E-state index contributed by atoms with van der Waals surface area (Å²) in [4.78, 5) is 11.5. The van der Waals surface area contributed by atoms with Crippen LogP contribution >= 0.6 is 0 Å². The topological polar surface area (TPSA) is 50.4 Å². The second-order valence-electron chi connectivity index (χ2n) is 3.96. The van der Waals surface area contributed by atoms with E-state index >= 15 is 0 Å². The minimum atomic E-state index is -0.177. The lowest BCUT2D eigenvalue weighted by Gasteiger charge is -2.22. The predicted octanol–water partition coefficient (Wildman–Crippen LogP) is 0.283. The van der Waals surface area contributed by atoms with Crippen molar-refractivity contribution < 1.29 is 9.53 Å². The monoisotopic (exact) mass is 224 g/mol. The molecule has 1 unspecified atom stereocenters. The van der Waals surface area contributed by atoms with Crippen LogP contribution in [0, 0.1) is 12.3 Å². The third-order valence-electron chi connectivity index (χ3n) is 2.68. The minimum absolute atomic E-state index is 0.114. The number of piperidine rings is 1. The zero-order valence-corrected chi connectivity index (χ0v) is 9.79. The van der Waals surface area contributed by atoms with Crippen molar-refractivity contribution in [1.29, 1.82) is 0 Å². The molecule has 1 amide bonds. The zero-order valence-electron chi connectivity index (χ0n) is 9.79. The molecule has 4 nitrogen and oxygen atoms in total. The maximum atomic E-state index is 11.5. The molecule has 0 aromatic carbocycles. The lowest BCUT2D eigenvalue weighted by atomic mass is 10.1. The summed E-state index contributed by atoms with van der Waals surface area (Å²) in [6.07, 6.45) is 8.15. The number of carbonyl (C=O) groups is 1. The zero-order chi connectivity index (χ0) is 11.8. The molecular formula is C12H20N2O2. The van der Waals surface area contributed by atoms with Crippen molar-refractivity contribution in [3.8, 4) is 12.3 Å². The maximum Gasteiger partial charge on any atom is 0.246 e. The van der Waals surface area contributed by atoms with Crippen LogP contribution in [0.5, 0.6) is 0 Å². The van der Waals surface area contributed by atoms with Gasteiger partial charge >= 0.3 is 0 Å². The molecule has 0 saturated carbocycles. The summed E-state index contributed by atoms with van der Waals surface area (Å²) in [5.74, 6) is 2.40. The molecule has 16 heavy (non-hydrogen) atoms. The molecule has 0 aliphatic carbocycles. The molecule has 0 bridgehead atoms. The van der Waals surface area contributed by atoms with Crippen LogP contribution < -0.4 is 10.6 Å². The van der Waals surface area contributed by atoms with Crippen molar-refractivity contribution in [3.63, 3.8) is 0 Å². The number of nitrogens with one attached hydrogen (secondary N) is 2. The molecule has 1 heterocycles. The first-order valence-corrected chi connectivity index (χ1v) is 5.84. The van der Waals surface area contributed by atoms with Crippen LogP contribution in [-0.2, 0) is 9.53 Å². The molecule has 1 aliphatic rings. The van der Waals surface area contributed by atoms with E-state index < -0.39 is 0 Å². The molecule has 1 fully saturated rings. The van der Waals surface area contributed by atoms with Gasteiger partial charge in [-0.15, -0.1) is 6.42 Å². The fourth-order valence-corrected chi connectivity index (χ4v) is 1.65. The van der Waals surface area contributed by atoms with Gasteiger partial charge in [-0.05, 0) is 32.4 Å². The predicted molar refractivity (Wildman–Crippen MR) is 62.9 cm³/mol. The van der Waals surface area contributed by atoms with Crippen LogP contribution in [-0.4, -0.2) is 37.7 Å². The number of ether oxygens (including phenoxy) is 1. The van der Waals surface area contributed by atoms with E-state index in [4.69, 9.17) is 11.2 Å². The second kappa shape index (κ2) is 7.26. The van der Waals surface area contributed by atoms with E-state index in [0.717, 1.165) is 32.4 Å². The van der Waals surface area contributed by atoms with Gasteiger partial charge in [0.15, 0.2) is 0 Å². The Balaban J connectivity index is 2.16. The average molecular weight is 224 g/mol. The fraction of sp³-hybridized carbons (Fsp3) is 0.750. The quantitative estimate of drug-likeness (QED) is 0.660. The maximum absolute atomic E-state index is 11.5. The summed E-state index contributed by atoms with van der Waals surface area (Å²) >= 11 is 0. The Morgan fingerprint density at radius 3 is 2.88 bits per heavy atom. The van der Waals surface area contributed by atoms with Crippen molar-refractivity contribution in [2.24, 2.45) is 0 Å². The van der Waals surface area contributed by atoms with Crippen molar-refractivity contribution >= 4 is 5.91 Å². The smallest absolute Gasteiger partial charge is 0.246 e. The molecular weight excluding hydrogens is 204 g/mol. The highest BCUT2D eigenvalue weighted by Crippen LogP contribution is 2.06. The standard InChI is InChI=1S/C12H20N2O2/c1-3-10(4-2)14-12(15)9-16-11-5-7-13-8-6-11/h1,10-11,13H,4-9H2,2H3,(H,14,15). The van der Waals surface area contributed by atoms with Gasteiger partial charge in [-0.25, -0.2) is 0 Å². The summed E-state index contributed by atoms with van der Waals surface area (Å²) in [6, 6.07) is -0.177. The molecule has 4 heteroatoms. The summed E-state index contributed by atoms with van der Waals surface area (Å²) in [5, 5.41) is 5.99. The minimum Gasteiger partial charge on any atom is -0.368 e. The Labute approximate surface area is 97.1 Å². The second-order valence-corrected chi connectivity index (χ2v) is 3.96. The van der Waals surface area contributed by atoms with Crippen LogP contribution in [0.1, 0.15) is 26.2 Å². The Bertz CT molecular complexity index is 254. The molecule has 90 valence electrons. The van der Waals surface area contributed by atoms with E-state index in [2.05, 4.69) is 16.6 Å². The van der Waals surface area contributed by atoms with Gasteiger partial charge in [0.1, 0.15) is 6.61 Å². The summed E-state index contributed by atoms with van der Waals surface area (Å²) < 4.78 is 5.51. The van der Waals surface area contributed by atoms with Gasteiger partial charge in [0, 0.05) is 0 Å². The SMILES string of the molecule is C#CC(CC)NC(=O)COC1CCNCC1. The summed E-state index contributed by atoms with van der Waals surface area (Å²) in [6.45, 7) is 3.99. The van der Waals surface area contributed by atoms with E-state index in [1.807, 2.05) is 6.92 Å². The van der Waals surface area contributed by atoms with Gasteiger partial charge in [-0.1, -0.05) is 12.8 Å². The first-order chi connectivity index (χ1) is 7.76. The van der Waals surface area contributed by atoms with E-state index in [0.29, 0.717) is 0 Å². The van der Waals surface area contributed by atoms with Crippen molar-refractivity contribution in [3.05, 3.63) is 0 Å². The highest BCUT2D eigenvalue weighted by molar-refractivity contribution is 5.77. The van der Waals surface area contributed by atoms with Crippen LogP contribution in [0.4, 0.5) is 0 Å². The van der Waals surface area contributed by atoms with Crippen LogP contribution in [0.3, 0.4) is 0 Å². The summed E-state index contributed by atoms with van der Waals surface area (Å²) in [7, 11) is 0. The number of carbonyl (C=O) groups excluding carboxylic acids is 1. The highest BCUT2D eigenvalue weighted by Gasteiger charge is 2.15. The van der Waals surface area contributed by atoms with Crippen LogP contribution in [0.25, 0.3) is 0 Å². The first-order valence-electron chi connectivity index (χ1n) is 5.84. The number of hydrogen-bond acceptors (Lipinski definition) is 3. The van der Waals surface area contributed by atoms with Crippen molar-refractivity contribution in [1.82, 2.24) is 10.6 Å². The normalized spacial score (nSPS) is 18.8. The molecule has 1 saturated heterocycles. The summed E-state index contributed by atoms with van der Waals surface area (Å²) in [5.41, 5.74) is 0. The van der Waals surface area contributed by atoms with E-state index in [1.54, 1.807) is 0 Å². The molecule has 2 N–H and O–H groups in total. The Morgan fingerprint density at radius 1 is 1.62 bits per heavy atom. The number of amides is 1. The van der Waals surface area contributed by atoms with Crippen molar-refractivity contribution in [2.45, 2.75) is 38.3 Å².